The van der Waals surface area contributed by atoms with Crippen molar-refractivity contribution in [3.05, 3.63) is 23.8 Å². The number of hydrogen-bond donors (Lipinski definition) is 0. The topological polar surface area (TPSA) is 66.4 Å². The second kappa shape index (κ2) is 4.91. The normalized spacial score (nSPS) is 21.7. The van der Waals surface area contributed by atoms with Gasteiger partial charge < -0.3 is 0 Å². The molecule has 1 unspecified atom stereocenters. The van der Waals surface area contributed by atoms with Crippen LogP contribution in [0.15, 0.2) is 12.3 Å². The van der Waals surface area contributed by atoms with Gasteiger partial charge in [0.1, 0.15) is 5.82 Å². The summed E-state index contributed by atoms with van der Waals surface area (Å²) in [6.07, 6.45) is 3.29. The third-order valence-corrected chi connectivity index (χ3v) is 5.03. The fourth-order valence-corrected chi connectivity index (χ4v) is 3.41. The predicted molar refractivity (Wildman–Crippen MR) is 68.1 cm³/mol. The summed E-state index contributed by atoms with van der Waals surface area (Å²) in [5.41, 5.74) is 0.856. The van der Waals surface area contributed by atoms with E-state index in [1.165, 1.54) is 8.61 Å². The molecule has 0 radical (unpaired) electrons. The van der Waals surface area contributed by atoms with Gasteiger partial charge in [0.25, 0.3) is 10.2 Å². The van der Waals surface area contributed by atoms with Crippen molar-refractivity contribution in [1.82, 2.24) is 18.6 Å². The summed E-state index contributed by atoms with van der Waals surface area (Å²) in [7, 11) is -0.313. The monoisotopic (exact) mass is 270 g/mol. The van der Waals surface area contributed by atoms with E-state index in [0.29, 0.717) is 12.4 Å². The van der Waals surface area contributed by atoms with Crippen LogP contribution in [-0.4, -0.2) is 47.6 Å². The minimum atomic E-state index is -3.40. The maximum absolute atomic E-state index is 12.2. The number of aromatic nitrogens is 2. The minimum Gasteiger partial charge on any atom is -0.240 e. The molecule has 18 heavy (non-hydrogen) atoms. The molecule has 1 fully saturated rings. The molecule has 2 heterocycles. The van der Waals surface area contributed by atoms with Crippen molar-refractivity contribution >= 4 is 10.2 Å². The van der Waals surface area contributed by atoms with Crippen LogP contribution in [0.25, 0.3) is 0 Å². The van der Waals surface area contributed by atoms with Crippen molar-refractivity contribution in [3.63, 3.8) is 0 Å². The Morgan fingerprint density at radius 3 is 2.78 bits per heavy atom. The van der Waals surface area contributed by atoms with E-state index >= 15 is 0 Å². The number of aryl methyl sites for hydroxylation is 1. The molecule has 0 saturated carbocycles. The molecule has 0 N–H and O–H groups in total. The van der Waals surface area contributed by atoms with E-state index in [1.807, 2.05) is 13.0 Å². The van der Waals surface area contributed by atoms with Crippen molar-refractivity contribution < 1.29 is 8.42 Å². The highest BCUT2D eigenvalue weighted by molar-refractivity contribution is 7.86. The zero-order chi connectivity index (χ0) is 13.3. The van der Waals surface area contributed by atoms with Gasteiger partial charge in [-0.25, -0.2) is 9.97 Å². The molecule has 6 nitrogen and oxygen atoms in total. The van der Waals surface area contributed by atoms with E-state index in [9.17, 15) is 8.42 Å². The standard InChI is InChI=1S/C11H18N4O2S/c1-9-6-7-12-11(13-9)10-5-4-8-15(10)18(16,17)14(2)3/h6-7,10H,4-5,8H2,1-3H3. The highest BCUT2D eigenvalue weighted by atomic mass is 32.2. The Morgan fingerprint density at radius 2 is 2.17 bits per heavy atom. The van der Waals surface area contributed by atoms with E-state index in [-0.39, 0.29) is 6.04 Å². The van der Waals surface area contributed by atoms with Crippen LogP contribution >= 0.6 is 0 Å². The van der Waals surface area contributed by atoms with Crippen LogP contribution in [0.4, 0.5) is 0 Å². The van der Waals surface area contributed by atoms with E-state index in [1.54, 1.807) is 20.3 Å². The first-order chi connectivity index (χ1) is 8.43. The van der Waals surface area contributed by atoms with Crippen LogP contribution in [0.5, 0.6) is 0 Å². The van der Waals surface area contributed by atoms with Gasteiger partial charge in [-0.05, 0) is 25.8 Å². The summed E-state index contributed by atoms with van der Waals surface area (Å²) in [4.78, 5) is 8.55. The molecule has 100 valence electrons. The smallest absolute Gasteiger partial charge is 0.240 e. The molecule has 2 rings (SSSR count). The van der Waals surface area contributed by atoms with Crippen molar-refractivity contribution in [2.45, 2.75) is 25.8 Å². The molecule has 0 amide bonds. The summed E-state index contributed by atoms with van der Waals surface area (Å²) < 4.78 is 27.1. The van der Waals surface area contributed by atoms with Crippen LogP contribution < -0.4 is 0 Å². The molecular weight excluding hydrogens is 252 g/mol. The van der Waals surface area contributed by atoms with Crippen LogP contribution in [0.2, 0.25) is 0 Å². The van der Waals surface area contributed by atoms with Crippen molar-refractivity contribution in [2.24, 2.45) is 0 Å². The Morgan fingerprint density at radius 1 is 1.44 bits per heavy atom. The number of rotatable bonds is 3. The van der Waals surface area contributed by atoms with Gasteiger partial charge >= 0.3 is 0 Å². The van der Waals surface area contributed by atoms with Gasteiger partial charge in [0, 0.05) is 32.5 Å². The van der Waals surface area contributed by atoms with Crippen molar-refractivity contribution in [1.29, 1.82) is 0 Å². The molecule has 1 aromatic heterocycles. The van der Waals surface area contributed by atoms with Gasteiger partial charge in [-0.3, -0.25) is 0 Å². The Bertz CT molecular complexity index is 530. The Hall–Kier alpha value is -1.05. The first-order valence-corrected chi connectivity index (χ1v) is 7.31. The molecule has 7 heteroatoms. The van der Waals surface area contributed by atoms with Gasteiger partial charge in [0.05, 0.1) is 6.04 Å². The number of nitrogens with zero attached hydrogens (tertiary/aromatic N) is 4. The molecular formula is C11H18N4O2S. The second-order valence-electron chi connectivity index (χ2n) is 4.62. The Balaban J connectivity index is 2.34. The SMILES string of the molecule is Cc1ccnc(C2CCCN2S(=O)(=O)N(C)C)n1. The maximum atomic E-state index is 12.2. The van der Waals surface area contributed by atoms with Crippen LogP contribution in [0, 0.1) is 6.92 Å². The van der Waals surface area contributed by atoms with E-state index in [4.69, 9.17) is 0 Å². The van der Waals surface area contributed by atoms with Crippen molar-refractivity contribution in [3.8, 4) is 0 Å². The summed E-state index contributed by atoms with van der Waals surface area (Å²) >= 11 is 0. The highest BCUT2D eigenvalue weighted by Crippen LogP contribution is 2.32. The third-order valence-electron chi connectivity index (χ3n) is 3.07. The van der Waals surface area contributed by atoms with Gasteiger partial charge in [-0.1, -0.05) is 0 Å². The van der Waals surface area contributed by atoms with Crippen LogP contribution in [-0.2, 0) is 10.2 Å². The predicted octanol–water partition coefficient (Wildman–Crippen LogP) is 0.728. The lowest BCUT2D eigenvalue weighted by molar-refractivity contribution is 0.352. The molecule has 1 saturated heterocycles. The van der Waals surface area contributed by atoms with Gasteiger partial charge in [-0.2, -0.15) is 17.0 Å². The lowest BCUT2D eigenvalue weighted by atomic mass is 10.2. The average molecular weight is 270 g/mol. The van der Waals surface area contributed by atoms with Gasteiger partial charge in [-0.15, -0.1) is 0 Å². The third kappa shape index (κ3) is 2.38. The molecule has 0 aliphatic carbocycles. The molecule has 0 spiro atoms. The molecule has 0 bridgehead atoms. The van der Waals surface area contributed by atoms with E-state index < -0.39 is 10.2 Å². The summed E-state index contributed by atoms with van der Waals surface area (Å²) in [5.74, 6) is 0.595. The first kappa shape index (κ1) is 13.4. The fourth-order valence-electron chi connectivity index (χ4n) is 2.11. The van der Waals surface area contributed by atoms with Crippen LogP contribution in [0.1, 0.15) is 30.4 Å². The largest absolute Gasteiger partial charge is 0.282 e. The molecule has 1 aromatic rings. The van der Waals surface area contributed by atoms with E-state index in [2.05, 4.69) is 9.97 Å². The summed E-state index contributed by atoms with van der Waals surface area (Å²) in [6, 6.07) is 1.57. The molecule has 1 atom stereocenters. The molecule has 1 aliphatic rings. The lowest BCUT2D eigenvalue weighted by Gasteiger charge is -2.26. The summed E-state index contributed by atoms with van der Waals surface area (Å²) in [6.45, 7) is 2.41. The first-order valence-electron chi connectivity index (χ1n) is 5.92. The molecule has 1 aliphatic heterocycles. The lowest BCUT2D eigenvalue weighted by Crippen LogP contribution is -2.40. The molecule has 0 aromatic carbocycles. The Kier molecular flexibility index (Phi) is 3.65. The van der Waals surface area contributed by atoms with Crippen molar-refractivity contribution in [2.75, 3.05) is 20.6 Å². The van der Waals surface area contributed by atoms with Gasteiger partial charge in [0.2, 0.25) is 0 Å². The average Bonchev–Trinajstić information content (AvgIpc) is 2.78. The number of hydrogen-bond acceptors (Lipinski definition) is 4. The fraction of sp³-hybridized carbons (Fsp3) is 0.636. The van der Waals surface area contributed by atoms with Gasteiger partial charge in [0.15, 0.2) is 0 Å². The van der Waals surface area contributed by atoms with E-state index in [0.717, 1.165) is 18.5 Å². The van der Waals surface area contributed by atoms with Crippen LogP contribution in [0.3, 0.4) is 0 Å². The maximum Gasteiger partial charge on any atom is 0.282 e. The summed E-state index contributed by atoms with van der Waals surface area (Å²) in [5, 5.41) is 0. The minimum absolute atomic E-state index is 0.239. The highest BCUT2D eigenvalue weighted by Gasteiger charge is 2.37. The quantitative estimate of drug-likeness (QED) is 0.812. The zero-order valence-electron chi connectivity index (χ0n) is 10.9. The Labute approximate surface area is 108 Å². The zero-order valence-corrected chi connectivity index (χ0v) is 11.7. The second-order valence-corrected chi connectivity index (χ2v) is 6.71.